The number of alkyl halides is 3. The molecule has 0 aliphatic carbocycles. The molecule has 4 nitrogen and oxygen atoms in total. The Labute approximate surface area is 92.7 Å². The van der Waals surface area contributed by atoms with E-state index in [0.717, 1.165) is 0 Å². The van der Waals surface area contributed by atoms with Gasteiger partial charge in [0.05, 0.1) is 13.2 Å². The van der Waals surface area contributed by atoms with Crippen molar-refractivity contribution in [1.82, 2.24) is 5.32 Å². The van der Waals surface area contributed by atoms with Gasteiger partial charge in [0.2, 0.25) is 0 Å². The second kappa shape index (κ2) is 8.74. The van der Waals surface area contributed by atoms with Crippen molar-refractivity contribution in [2.75, 3.05) is 40.1 Å². The van der Waals surface area contributed by atoms with Gasteiger partial charge in [-0.3, -0.25) is 0 Å². The average Bonchev–Trinajstić information content (AvgIpc) is 2.16. The highest BCUT2D eigenvalue weighted by molar-refractivity contribution is 4.65. The molecule has 98 valence electrons. The predicted octanol–water partition coefficient (Wildman–Crippen LogP) is 0.552. The molecule has 7 heteroatoms. The van der Waals surface area contributed by atoms with Gasteiger partial charge < -0.3 is 19.9 Å². The largest absolute Gasteiger partial charge is 0.411 e. The lowest BCUT2D eigenvalue weighted by molar-refractivity contribution is -0.173. The molecule has 0 radical (unpaired) electrons. The fourth-order valence-electron chi connectivity index (χ4n) is 1.12. The van der Waals surface area contributed by atoms with Crippen LogP contribution in [-0.2, 0) is 9.47 Å². The first-order valence-electron chi connectivity index (χ1n) is 4.97. The summed E-state index contributed by atoms with van der Waals surface area (Å²) in [6.07, 6.45) is -3.79. The lowest BCUT2D eigenvalue weighted by atomic mass is 10.2. The maximum Gasteiger partial charge on any atom is 0.411 e. The van der Waals surface area contributed by atoms with E-state index in [4.69, 9.17) is 9.84 Å². The van der Waals surface area contributed by atoms with Gasteiger partial charge in [-0.25, -0.2) is 0 Å². The van der Waals surface area contributed by atoms with Gasteiger partial charge in [0.1, 0.15) is 6.61 Å². The summed E-state index contributed by atoms with van der Waals surface area (Å²) in [5.41, 5.74) is 0. The Morgan fingerprint density at radius 3 is 2.56 bits per heavy atom. The van der Waals surface area contributed by atoms with Crippen LogP contribution in [0, 0.1) is 0 Å². The molecule has 0 bridgehead atoms. The summed E-state index contributed by atoms with van der Waals surface area (Å²) in [5, 5.41) is 11.6. The van der Waals surface area contributed by atoms with Crippen LogP contribution >= 0.6 is 0 Å². The van der Waals surface area contributed by atoms with Crippen LogP contribution in [0.15, 0.2) is 0 Å². The fraction of sp³-hybridized carbons (Fsp3) is 1.00. The minimum Gasteiger partial charge on any atom is -0.396 e. The van der Waals surface area contributed by atoms with Crippen molar-refractivity contribution in [2.24, 2.45) is 0 Å². The zero-order chi connectivity index (χ0) is 12.4. The molecule has 0 rings (SSSR count). The summed E-state index contributed by atoms with van der Waals surface area (Å²) >= 11 is 0. The number of nitrogens with one attached hydrogen (secondary N) is 1. The number of ether oxygens (including phenoxy) is 2. The van der Waals surface area contributed by atoms with E-state index in [9.17, 15) is 13.2 Å². The highest BCUT2D eigenvalue weighted by Crippen LogP contribution is 2.13. The average molecular weight is 245 g/mol. The molecule has 0 fully saturated rings. The Bertz CT molecular complexity index is 161. The molecule has 1 unspecified atom stereocenters. The summed E-state index contributed by atoms with van der Waals surface area (Å²) in [6.45, 7) is -0.552. The van der Waals surface area contributed by atoms with Gasteiger partial charge in [0.15, 0.2) is 0 Å². The van der Waals surface area contributed by atoms with Gasteiger partial charge in [-0.2, -0.15) is 13.2 Å². The molecule has 0 spiro atoms. The van der Waals surface area contributed by atoms with Crippen molar-refractivity contribution in [3.8, 4) is 0 Å². The van der Waals surface area contributed by atoms with Crippen LogP contribution in [0.5, 0.6) is 0 Å². The van der Waals surface area contributed by atoms with E-state index >= 15 is 0 Å². The Hall–Kier alpha value is -0.370. The molecule has 0 saturated heterocycles. The van der Waals surface area contributed by atoms with Crippen LogP contribution in [0.25, 0.3) is 0 Å². The van der Waals surface area contributed by atoms with E-state index < -0.39 is 12.8 Å². The molecule has 16 heavy (non-hydrogen) atoms. The molecule has 0 saturated carbocycles. The molecule has 0 aliphatic rings. The first-order chi connectivity index (χ1) is 7.49. The minimum absolute atomic E-state index is 0.00440. The van der Waals surface area contributed by atoms with E-state index in [0.29, 0.717) is 19.6 Å². The Morgan fingerprint density at radius 2 is 2.06 bits per heavy atom. The predicted molar refractivity (Wildman–Crippen MR) is 52.2 cm³/mol. The van der Waals surface area contributed by atoms with E-state index in [1.54, 1.807) is 0 Å². The molecule has 2 N–H and O–H groups in total. The second-order valence-corrected chi connectivity index (χ2v) is 3.29. The SMILES string of the molecule is COCC(CCO)NCCOCC(F)(F)F. The van der Waals surface area contributed by atoms with Crippen molar-refractivity contribution in [3.05, 3.63) is 0 Å². The molecule has 0 aliphatic heterocycles. The summed E-state index contributed by atoms with van der Waals surface area (Å²) < 4.78 is 44.3. The molecule has 1 atom stereocenters. The topological polar surface area (TPSA) is 50.7 Å². The van der Waals surface area contributed by atoms with Gasteiger partial charge in [-0.15, -0.1) is 0 Å². The highest BCUT2D eigenvalue weighted by Gasteiger charge is 2.27. The number of rotatable bonds is 9. The molecule has 0 amide bonds. The standard InChI is InChI=1S/C9H18F3NO3/c1-15-6-8(2-4-14)13-3-5-16-7-9(10,11)12/h8,13-14H,2-7H2,1H3. The first kappa shape index (κ1) is 15.6. The number of hydrogen-bond donors (Lipinski definition) is 2. The van der Waals surface area contributed by atoms with Crippen LogP contribution in [0.1, 0.15) is 6.42 Å². The Balaban J connectivity index is 3.46. The summed E-state index contributed by atoms with van der Waals surface area (Å²) in [5.74, 6) is 0. The third kappa shape index (κ3) is 10.2. The van der Waals surface area contributed by atoms with Crippen molar-refractivity contribution in [1.29, 1.82) is 0 Å². The summed E-state index contributed by atoms with van der Waals surface area (Å²) in [6, 6.07) is -0.0653. The molecule has 0 aromatic rings. The van der Waals surface area contributed by atoms with Crippen molar-refractivity contribution in [3.63, 3.8) is 0 Å². The van der Waals surface area contributed by atoms with Crippen LogP contribution in [0.3, 0.4) is 0 Å². The molecule has 0 aromatic heterocycles. The van der Waals surface area contributed by atoms with Crippen LogP contribution < -0.4 is 5.32 Å². The van der Waals surface area contributed by atoms with E-state index in [1.807, 2.05) is 0 Å². The highest BCUT2D eigenvalue weighted by atomic mass is 19.4. The first-order valence-corrected chi connectivity index (χ1v) is 4.97. The third-order valence-corrected chi connectivity index (χ3v) is 1.79. The third-order valence-electron chi connectivity index (χ3n) is 1.79. The number of aliphatic hydroxyl groups is 1. The van der Waals surface area contributed by atoms with E-state index in [-0.39, 0.29) is 19.3 Å². The quantitative estimate of drug-likeness (QED) is 0.583. The van der Waals surface area contributed by atoms with Crippen LogP contribution in [0.2, 0.25) is 0 Å². The fourth-order valence-corrected chi connectivity index (χ4v) is 1.12. The molecule has 0 aromatic carbocycles. The second-order valence-electron chi connectivity index (χ2n) is 3.29. The van der Waals surface area contributed by atoms with Gasteiger partial charge in [0.25, 0.3) is 0 Å². The number of halogens is 3. The zero-order valence-electron chi connectivity index (χ0n) is 9.22. The van der Waals surface area contributed by atoms with Crippen molar-refractivity contribution >= 4 is 0 Å². The normalized spacial score (nSPS) is 14.1. The lowest BCUT2D eigenvalue weighted by Gasteiger charge is -2.16. The van der Waals surface area contributed by atoms with E-state index in [2.05, 4.69) is 10.1 Å². The van der Waals surface area contributed by atoms with Gasteiger partial charge >= 0.3 is 6.18 Å². The monoisotopic (exact) mass is 245 g/mol. The zero-order valence-corrected chi connectivity index (χ0v) is 9.22. The number of hydrogen-bond acceptors (Lipinski definition) is 4. The van der Waals surface area contributed by atoms with E-state index in [1.165, 1.54) is 7.11 Å². The van der Waals surface area contributed by atoms with Crippen molar-refractivity contribution < 1.29 is 27.8 Å². The van der Waals surface area contributed by atoms with Crippen molar-refractivity contribution in [2.45, 2.75) is 18.6 Å². The molecular weight excluding hydrogens is 227 g/mol. The van der Waals surface area contributed by atoms with Gasteiger partial charge in [0, 0.05) is 26.3 Å². The van der Waals surface area contributed by atoms with Crippen LogP contribution in [0.4, 0.5) is 13.2 Å². The maximum atomic E-state index is 11.7. The number of aliphatic hydroxyl groups excluding tert-OH is 1. The lowest BCUT2D eigenvalue weighted by Crippen LogP contribution is -2.36. The van der Waals surface area contributed by atoms with Gasteiger partial charge in [-0.1, -0.05) is 0 Å². The number of methoxy groups -OCH3 is 1. The molecule has 0 heterocycles. The van der Waals surface area contributed by atoms with Crippen LogP contribution in [-0.4, -0.2) is 57.4 Å². The maximum absolute atomic E-state index is 11.7. The Morgan fingerprint density at radius 1 is 1.38 bits per heavy atom. The Kier molecular flexibility index (Phi) is 8.54. The molecular formula is C9H18F3NO3. The van der Waals surface area contributed by atoms with Gasteiger partial charge in [-0.05, 0) is 6.42 Å². The minimum atomic E-state index is -4.28. The summed E-state index contributed by atoms with van der Waals surface area (Å²) in [4.78, 5) is 0. The summed E-state index contributed by atoms with van der Waals surface area (Å²) in [7, 11) is 1.52. The smallest absolute Gasteiger partial charge is 0.396 e.